The van der Waals surface area contributed by atoms with Crippen molar-refractivity contribution in [2.75, 3.05) is 26.2 Å². The highest BCUT2D eigenvalue weighted by atomic mass is 32.1. The number of carbonyl (C=O) groups is 2. The number of aromatic nitrogens is 1. The number of amides is 2. The van der Waals surface area contributed by atoms with E-state index >= 15 is 0 Å². The largest absolute Gasteiger partial charge is 0.484 e. The van der Waals surface area contributed by atoms with Gasteiger partial charge in [0, 0.05) is 42.9 Å². The van der Waals surface area contributed by atoms with Crippen molar-refractivity contribution in [1.29, 1.82) is 0 Å². The van der Waals surface area contributed by atoms with Crippen molar-refractivity contribution in [2.45, 2.75) is 26.2 Å². The zero-order valence-electron chi connectivity index (χ0n) is 18.8. The first kappa shape index (κ1) is 23.0. The summed E-state index contributed by atoms with van der Waals surface area (Å²) >= 11 is 1.62. The molecule has 3 aromatic rings. The van der Waals surface area contributed by atoms with Crippen LogP contribution in [0.15, 0.2) is 60.0 Å². The van der Waals surface area contributed by atoms with Crippen LogP contribution in [0.5, 0.6) is 5.75 Å². The number of likely N-dealkylation sites (tertiary alicyclic amines) is 1. The van der Waals surface area contributed by atoms with Gasteiger partial charge in [0.05, 0.1) is 5.69 Å². The monoisotopic (exact) mass is 463 g/mol. The van der Waals surface area contributed by atoms with Crippen molar-refractivity contribution in [1.82, 2.24) is 15.2 Å². The van der Waals surface area contributed by atoms with Gasteiger partial charge in [-0.2, -0.15) is 0 Å². The lowest BCUT2D eigenvalue weighted by atomic mass is 9.96. The summed E-state index contributed by atoms with van der Waals surface area (Å²) in [6, 6.07) is 17.8. The van der Waals surface area contributed by atoms with Gasteiger partial charge in [-0.05, 0) is 37.5 Å². The lowest BCUT2D eigenvalue weighted by molar-refractivity contribution is -0.137. The molecule has 1 fully saturated rings. The number of rotatable bonds is 8. The van der Waals surface area contributed by atoms with Gasteiger partial charge in [0.25, 0.3) is 5.91 Å². The second-order valence-corrected chi connectivity index (χ2v) is 9.17. The van der Waals surface area contributed by atoms with Gasteiger partial charge < -0.3 is 15.0 Å². The normalized spacial score (nSPS) is 14.2. The van der Waals surface area contributed by atoms with Gasteiger partial charge >= 0.3 is 0 Å². The Labute approximate surface area is 198 Å². The van der Waals surface area contributed by atoms with E-state index in [1.165, 1.54) is 0 Å². The molecule has 2 amide bonds. The van der Waals surface area contributed by atoms with Gasteiger partial charge in [-0.3, -0.25) is 9.59 Å². The molecule has 0 aliphatic carbocycles. The number of carbonyl (C=O) groups excluding carboxylic acids is 2. The van der Waals surface area contributed by atoms with Crippen LogP contribution in [0, 0.1) is 12.8 Å². The Morgan fingerprint density at radius 2 is 1.91 bits per heavy atom. The van der Waals surface area contributed by atoms with Gasteiger partial charge in [-0.15, -0.1) is 11.3 Å². The second-order valence-electron chi connectivity index (χ2n) is 8.31. The minimum Gasteiger partial charge on any atom is -0.484 e. The number of nitrogens with one attached hydrogen (secondary N) is 1. The molecule has 7 heteroatoms. The lowest BCUT2D eigenvalue weighted by Crippen LogP contribution is -2.44. The number of ether oxygens (including phenoxy) is 1. The minimum absolute atomic E-state index is 0.0267. The number of hydrogen-bond donors (Lipinski definition) is 1. The smallest absolute Gasteiger partial charge is 0.260 e. The molecule has 4 rings (SSSR count). The molecule has 33 heavy (non-hydrogen) atoms. The van der Waals surface area contributed by atoms with Crippen LogP contribution < -0.4 is 10.1 Å². The Balaban J connectivity index is 1.16. The maximum absolute atomic E-state index is 12.6. The molecule has 1 aliphatic rings. The third kappa shape index (κ3) is 6.42. The van der Waals surface area contributed by atoms with E-state index in [2.05, 4.69) is 27.8 Å². The van der Waals surface area contributed by atoms with Crippen LogP contribution in [0.3, 0.4) is 0 Å². The predicted octanol–water partition coefficient (Wildman–Crippen LogP) is 4.09. The Morgan fingerprint density at radius 3 is 2.67 bits per heavy atom. The Bertz CT molecular complexity index is 1080. The quantitative estimate of drug-likeness (QED) is 0.546. The summed E-state index contributed by atoms with van der Waals surface area (Å²) < 4.78 is 5.63. The molecule has 2 aromatic carbocycles. The van der Waals surface area contributed by atoms with E-state index in [1.54, 1.807) is 16.2 Å². The van der Waals surface area contributed by atoms with E-state index in [4.69, 9.17) is 4.74 Å². The van der Waals surface area contributed by atoms with E-state index in [9.17, 15) is 9.59 Å². The van der Waals surface area contributed by atoms with Crippen LogP contribution in [-0.2, 0) is 16.0 Å². The first-order valence-electron chi connectivity index (χ1n) is 11.3. The van der Waals surface area contributed by atoms with Gasteiger partial charge in [-0.1, -0.05) is 42.5 Å². The summed E-state index contributed by atoms with van der Waals surface area (Å²) in [5.74, 6) is 0.681. The number of nitrogens with zero attached hydrogens (tertiary/aromatic N) is 2. The number of thiazole rings is 1. The molecule has 0 spiro atoms. The predicted molar refractivity (Wildman–Crippen MR) is 130 cm³/mol. The molecule has 6 nitrogen and oxygen atoms in total. The summed E-state index contributed by atoms with van der Waals surface area (Å²) in [5, 5.41) is 6.10. The third-order valence-corrected chi connectivity index (χ3v) is 6.76. The highest BCUT2D eigenvalue weighted by Crippen LogP contribution is 2.23. The van der Waals surface area contributed by atoms with E-state index in [-0.39, 0.29) is 24.3 Å². The average molecular weight is 464 g/mol. The Kier molecular flexibility index (Phi) is 7.73. The summed E-state index contributed by atoms with van der Waals surface area (Å²) in [6.07, 6.45) is 2.07. The highest BCUT2D eigenvalue weighted by molar-refractivity contribution is 7.13. The molecule has 2 heterocycles. The van der Waals surface area contributed by atoms with E-state index in [0.717, 1.165) is 21.8 Å². The van der Waals surface area contributed by atoms with Crippen molar-refractivity contribution >= 4 is 23.2 Å². The molecular formula is C26H29N3O3S. The first-order chi connectivity index (χ1) is 16.1. The van der Waals surface area contributed by atoms with Crippen LogP contribution >= 0.6 is 11.3 Å². The number of piperidine rings is 1. The average Bonchev–Trinajstić information content (AvgIpc) is 3.32. The molecule has 1 saturated heterocycles. The van der Waals surface area contributed by atoms with Crippen LogP contribution in [0.1, 0.15) is 24.1 Å². The molecule has 1 N–H and O–H groups in total. The summed E-state index contributed by atoms with van der Waals surface area (Å²) in [7, 11) is 0. The van der Waals surface area contributed by atoms with Crippen molar-refractivity contribution in [3.8, 4) is 16.3 Å². The van der Waals surface area contributed by atoms with Gasteiger partial charge in [0.2, 0.25) is 5.91 Å². The van der Waals surface area contributed by atoms with Crippen molar-refractivity contribution in [3.05, 3.63) is 71.2 Å². The van der Waals surface area contributed by atoms with Crippen LogP contribution in [0.2, 0.25) is 0 Å². The topological polar surface area (TPSA) is 71.5 Å². The SMILES string of the molecule is Cc1cccc(OCC(=O)N2CCC(C(=O)NCCc3csc(-c4ccccc4)n3)CC2)c1. The maximum Gasteiger partial charge on any atom is 0.260 e. The third-order valence-electron chi connectivity index (χ3n) is 5.82. The van der Waals surface area contributed by atoms with Crippen molar-refractivity contribution in [3.63, 3.8) is 0 Å². The van der Waals surface area contributed by atoms with Crippen molar-refractivity contribution < 1.29 is 14.3 Å². The number of hydrogen-bond acceptors (Lipinski definition) is 5. The zero-order chi connectivity index (χ0) is 23.0. The molecule has 1 aliphatic heterocycles. The summed E-state index contributed by atoms with van der Waals surface area (Å²) in [5.41, 5.74) is 3.20. The highest BCUT2D eigenvalue weighted by Gasteiger charge is 2.27. The fraction of sp³-hybridized carbons (Fsp3) is 0.346. The lowest BCUT2D eigenvalue weighted by Gasteiger charge is -2.31. The Morgan fingerprint density at radius 1 is 1.12 bits per heavy atom. The van der Waals surface area contributed by atoms with Gasteiger partial charge in [-0.25, -0.2) is 4.98 Å². The second kappa shape index (κ2) is 11.1. The molecule has 0 bridgehead atoms. The van der Waals surface area contributed by atoms with Crippen LogP contribution in [-0.4, -0.2) is 47.9 Å². The van der Waals surface area contributed by atoms with Crippen molar-refractivity contribution in [2.24, 2.45) is 5.92 Å². The van der Waals surface area contributed by atoms with E-state index < -0.39 is 0 Å². The van der Waals surface area contributed by atoms with Crippen LogP contribution in [0.25, 0.3) is 10.6 Å². The van der Waals surface area contributed by atoms with E-state index in [0.29, 0.717) is 44.6 Å². The fourth-order valence-corrected chi connectivity index (χ4v) is 4.79. The maximum atomic E-state index is 12.6. The molecule has 172 valence electrons. The number of benzene rings is 2. The van der Waals surface area contributed by atoms with Crippen LogP contribution in [0.4, 0.5) is 0 Å². The molecule has 0 saturated carbocycles. The Hall–Kier alpha value is -3.19. The van der Waals surface area contributed by atoms with Gasteiger partial charge in [0.15, 0.2) is 6.61 Å². The van der Waals surface area contributed by atoms with E-state index in [1.807, 2.05) is 49.4 Å². The number of aryl methyl sites for hydroxylation is 1. The zero-order valence-corrected chi connectivity index (χ0v) is 19.6. The minimum atomic E-state index is -0.0537. The molecule has 0 unspecified atom stereocenters. The molecule has 0 radical (unpaired) electrons. The molecule has 0 atom stereocenters. The molecular weight excluding hydrogens is 434 g/mol. The first-order valence-corrected chi connectivity index (χ1v) is 12.2. The fourth-order valence-electron chi connectivity index (χ4n) is 3.93. The standard InChI is InChI=1S/C26H29N3O3S/c1-19-6-5-9-23(16-19)32-17-24(30)29-14-11-20(12-15-29)25(31)27-13-10-22-18-33-26(28-22)21-7-3-2-4-8-21/h2-9,16,18,20H,10-15,17H2,1H3,(H,27,31). The molecule has 1 aromatic heterocycles. The summed E-state index contributed by atoms with van der Waals surface area (Å²) in [6.45, 7) is 3.75. The summed E-state index contributed by atoms with van der Waals surface area (Å²) in [4.78, 5) is 31.5. The van der Waals surface area contributed by atoms with Gasteiger partial charge in [0.1, 0.15) is 10.8 Å².